The Morgan fingerprint density at radius 3 is 2.32 bits per heavy atom. The highest BCUT2D eigenvalue weighted by molar-refractivity contribution is 6.26. The number of benzene rings is 3. The quantitative estimate of drug-likeness (QED) is 0.548. The van der Waals surface area contributed by atoms with Gasteiger partial charge in [0.05, 0.1) is 24.6 Å². The molecule has 7 nitrogen and oxygen atoms in total. The Morgan fingerprint density at radius 2 is 1.57 bits per heavy atom. The smallest absolute Gasteiger partial charge is 0.253 e. The highest BCUT2D eigenvalue weighted by Gasteiger charge is 2.71. The Hall–Kier alpha value is -4.23. The molecule has 2 fully saturated rings. The van der Waals surface area contributed by atoms with Gasteiger partial charge in [-0.25, -0.2) is 4.90 Å². The van der Waals surface area contributed by atoms with Gasteiger partial charge in [0.1, 0.15) is 11.3 Å². The summed E-state index contributed by atoms with van der Waals surface area (Å²) in [5, 5.41) is 3.42. The van der Waals surface area contributed by atoms with E-state index in [1.807, 2.05) is 73.7 Å². The van der Waals surface area contributed by atoms with E-state index in [0.717, 1.165) is 16.8 Å². The van der Waals surface area contributed by atoms with Crippen LogP contribution in [0.25, 0.3) is 6.08 Å². The lowest BCUT2D eigenvalue weighted by molar-refractivity contribution is -0.132. The lowest BCUT2D eigenvalue weighted by Gasteiger charge is -2.30. The van der Waals surface area contributed by atoms with E-state index in [-0.39, 0.29) is 23.8 Å². The lowest BCUT2D eigenvalue weighted by atomic mass is 9.76. The molecule has 0 aromatic heterocycles. The van der Waals surface area contributed by atoms with Gasteiger partial charge in [-0.1, -0.05) is 72.8 Å². The molecule has 7 heteroatoms. The van der Waals surface area contributed by atoms with Gasteiger partial charge in [-0.05, 0) is 30.7 Å². The molecular weight excluding hydrogens is 466 g/mol. The van der Waals surface area contributed by atoms with Crippen LogP contribution in [-0.2, 0) is 19.9 Å². The molecule has 3 aliphatic heterocycles. The summed E-state index contributed by atoms with van der Waals surface area (Å²) >= 11 is 0. The number of hydrogen-bond donors (Lipinski definition) is 1. The van der Waals surface area contributed by atoms with Gasteiger partial charge in [-0.3, -0.25) is 19.7 Å². The predicted octanol–water partition coefficient (Wildman–Crippen LogP) is 3.75. The first-order valence-electron chi connectivity index (χ1n) is 12.4. The van der Waals surface area contributed by atoms with Crippen LogP contribution < -0.4 is 19.9 Å². The summed E-state index contributed by atoms with van der Waals surface area (Å²) in [6.07, 6.45) is 3.92. The minimum absolute atomic E-state index is 0.214. The fourth-order valence-electron chi connectivity index (χ4n) is 6.20. The van der Waals surface area contributed by atoms with E-state index in [1.54, 1.807) is 29.2 Å². The maximum atomic E-state index is 14.3. The number of carbonyl (C=O) groups is 3. The molecule has 2 saturated heterocycles. The van der Waals surface area contributed by atoms with Gasteiger partial charge in [0.2, 0.25) is 11.8 Å². The van der Waals surface area contributed by atoms with Crippen LogP contribution in [-0.4, -0.2) is 37.4 Å². The van der Waals surface area contributed by atoms with Gasteiger partial charge in [0.25, 0.3) is 5.91 Å². The number of rotatable bonds is 5. The zero-order chi connectivity index (χ0) is 25.7. The maximum absolute atomic E-state index is 14.3. The van der Waals surface area contributed by atoms with E-state index >= 15 is 0 Å². The van der Waals surface area contributed by atoms with Crippen molar-refractivity contribution in [3.63, 3.8) is 0 Å². The van der Waals surface area contributed by atoms with E-state index < -0.39 is 17.4 Å². The molecule has 3 amide bonds. The number of hydrogen-bond acceptors (Lipinski definition) is 5. The van der Waals surface area contributed by atoms with Crippen molar-refractivity contribution in [3.05, 3.63) is 96.1 Å². The van der Waals surface area contributed by atoms with Gasteiger partial charge < -0.3 is 9.64 Å². The van der Waals surface area contributed by atoms with Crippen LogP contribution in [0, 0.1) is 11.8 Å². The minimum Gasteiger partial charge on any atom is -0.495 e. The lowest BCUT2D eigenvalue weighted by Crippen LogP contribution is -2.55. The Bertz CT molecular complexity index is 1440. The molecule has 1 N–H and O–H groups in total. The largest absolute Gasteiger partial charge is 0.495 e. The van der Waals surface area contributed by atoms with Crippen molar-refractivity contribution < 1.29 is 19.1 Å². The summed E-state index contributed by atoms with van der Waals surface area (Å²) in [5.41, 5.74) is 1.61. The summed E-state index contributed by atoms with van der Waals surface area (Å²) in [6, 6.07) is 24.0. The van der Waals surface area contributed by atoms with E-state index in [4.69, 9.17) is 4.74 Å². The number of imide groups is 1. The molecule has 3 heterocycles. The normalized spacial score (nSPS) is 26.4. The molecular formula is C30H27N3O4. The van der Waals surface area contributed by atoms with Crippen LogP contribution in [0.4, 0.5) is 11.4 Å². The first-order chi connectivity index (χ1) is 18.0. The van der Waals surface area contributed by atoms with Gasteiger partial charge >= 0.3 is 0 Å². The summed E-state index contributed by atoms with van der Waals surface area (Å²) in [4.78, 5) is 45.0. The number of amides is 3. The monoisotopic (exact) mass is 493 g/mol. The number of para-hydroxylation sites is 3. The van der Waals surface area contributed by atoms with Crippen LogP contribution in [0.15, 0.2) is 84.9 Å². The van der Waals surface area contributed by atoms with E-state index in [1.165, 1.54) is 12.0 Å². The average molecular weight is 494 g/mol. The highest BCUT2D eigenvalue weighted by Crippen LogP contribution is 2.55. The van der Waals surface area contributed by atoms with Crippen molar-refractivity contribution in [1.82, 2.24) is 5.32 Å². The topological polar surface area (TPSA) is 79.0 Å². The third kappa shape index (κ3) is 3.27. The van der Waals surface area contributed by atoms with E-state index in [9.17, 15) is 14.4 Å². The molecule has 6 rings (SSSR count). The average Bonchev–Trinajstić information content (AvgIpc) is 3.47. The second kappa shape index (κ2) is 8.71. The van der Waals surface area contributed by atoms with Crippen LogP contribution in [0.5, 0.6) is 5.75 Å². The summed E-state index contributed by atoms with van der Waals surface area (Å²) < 4.78 is 5.45. The molecule has 3 aliphatic rings. The van der Waals surface area contributed by atoms with Crippen molar-refractivity contribution in [3.8, 4) is 5.75 Å². The van der Waals surface area contributed by atoms with Gasteiger partial charge in [-0.2, -0.15) is 0 Å². The fraction of sp³-hybridized carbons (Fsp3) is 0.233. The summed E-state index contributed by atoms with van der Waals surface area (Å²) in [7, 11) is 1.51. The summed E-state index contributed by atoms with van der Waals surface area (Å²) in [5.74, 6) is -2.02. The molecule has 3 aromatic rings. The zero-order valence-corrected chi connectivity index (χ0v) is 20.6. The first kappa shape index (κ1) is 23.2. The van der Waals surface area contributed by atoms with Crippen molar-refractivity contribution in [1.29, 1.82) is 0 Å². The predicted molar refractivity (Wildman–Crippen MR) is 141 cm³/mol. The second-order valence-electron chi connectivity index (χ2n) is 9.67. The summed E-state index contributed by atoms with van der Waals surface area (Å²) in [6.45, 7) is 2.22. The minimum atomic E-state index is -1.31. The third-order valence-electron chi connectivity index (χ3n) is 7.74. The SMILES string of the molecule is COc1ccccc1N1C(=O)[C@@H]2[C@H](C)N[C@@]3(C(=O)N(C/C=C\c4ccccc4)c4ccccc43)[C@@H]2C1=O. The van der Waals surface area contributed by atoms with Crippen LogP contribution in [0.3, 0.4) is 0 Å². The number of anilines is 2. The number of methoxy groups -OCH3 is 1. The Balaban J connectivity index is 1.41. The number of ether oxygens (including phenoxy) is 1. The molecule has 4 atom stereocenters. The number of carbonyl (C=O) groups excluding carboxylic acids is 3. The Morgan fingerprint density at radius 1 is 0.892 bits per heavy atom. The van der Waals surface area contributed by atoms with Gasteiger partial charge in [-0.15, -0.1) is 0 Å². The van der Waals surface area contributed by atoms with Crippen molar-refractivity contribution in [2.24, 2.45) is 11.8 Å². The second-order valence-corrected chi connectivity index (χ2v) is 9.67. The number of nitrogens with zero attached hydrogens (tertiary/aromatic N) is 2. The molecule has 186 valence electrons. The molecule has 1 spiro atoms. The Kier molecular flexibility index (Phi) is 5.46. The molecule has 3 aromatic carbocycles. The Labute approximate surface area is 215 Å². The van der Waals surface area contributed by atoms with Crippen LogP contribution >= 0.6 is 0 Å². The van der Waals surface area contributed by atoms with Crippen LogP contribution in [0.2, 0.25) is 0 Å². The van der Waals surface area contributed by atoms with Gasteiger partial charge in [0.15, 0.2) is 0 Å². The molecule has 0 unspecified atom stereocenters. The zero-order valence-electron chi connectivity index (χ0n) is 20.6. The van der Waals surface area contributed by atoms with Crippen LogP contribution in [0.1, 0.15) is 18.1 Å². The number of nitrogens with one attached hydrogen (secondary N) is 1. The van der Waals surface area contributed by atoms with Crippen molar-refractivity contribution >= 4 is 35.2 Å². The van der Waals surface area contributed by atoms with Gasteiger partial charge in [0, 0.05) is 23.8 Å². The molecule has 0 aliphatic carbocycles. The molecule has 0 saturated carbocycles. The molecule has 37 heavy (non-hydrogen) atoms. The molecule has 0 radical (unpaired) electrons. The highest BCUT2D eigenvalue weighted by atomic mass is 16.5. The maximum Gasteiger partial charge on any atom is 0.253 e. The fourth-order valence-corrected chi connectivity index (χ4v) is 6.20. The van der Waals surface area contributed by atoms with Crippen molar-refractivity contribution in [2.45, 2.75) is 18.5 Å². The standard InChI is InChI=1S/C30H27N3O4/c1-19-25-26(28(35)33(27(25)34)23-16-8-9-17-24(23)37-2)30(31-19)21-14-6-7-15-22(21)32(29(30)36)18-10-13-20-11-4-3-5-12-20/h3-17,19,25-26,31H,18H2,1-2H3/b13-10-/t19-,25+,26-,30+/m0/s1. The van der Waals surface area contributed by atoms with E-state index in [2.05, 4.69) is 5.32 Å². The number of fused-ring (bicyclic) bond motifs is 4. The molecule has 0 bridgehead atoms. The van der Waals surface area contributed by atoms with Crippen molar-refractivity contribution in [2.75, 3.05) is 23.5 Å². The first-order valence-corrected chi connectivity index (χ1v) is 12.4. The van der Waals surface area contributed by atoms with E-state index in [0.29, 0.717) is 18.0 Å². The third-order valence-corrected chi connectivity index (χ3v) is 7.74.